The van der Waals surface area contributed by atoms with E-state index in [1.54, 1.807) is 29.1 Å². The third kappa shape index (κ3) is 3.75. The highest BCUT2D eigenvalue weighted by Gasteiger charge is 2.28. The lowest BCUT2D eigenvalue weighted by molar-refractivity contribution is 0.0773. The summed E-state index contributed by atoms with van der Waals surface area (Å²) in [6.07, 6.45) is 3.54. The first-order valence-corrected chi connectivity index (χ1v) is 8.37. The van der Waals surface area contributed by atoms with E-state index in [0.717, 1.165) is 25.9 Å². The second kappa shape index (κ2) is 7.47. The second-order valence-corrected chi connectivity index (χ2v) is 6.03. The van der Waals surface area contributed by atoms with Gasteiger partial charge in [-0.05, 0) is 56.0 Å². The molecular formula is C18H22FN3O2. The normalized spacial score (nSPS) is 17.2. The fourth-order valence-electron chi connectivity index (χ4n) is 3.06. The zero-order valence-electron chi connectivity index (χ0n) is 13.8. The fourth-order valence-corrected chi connectivity index (χ4v) is 3.06. The van der Waals surface area contributed by atoms with Gasteiger partial charge in [0.25, 0.3) is 5.91 Å². The number of carbonyl (C=O) groups is 1. The maximum absolute atomic E-state index is 12.8. The standard InChI is InChI=1S/C18H22FN3O2/c1-2-22-17(7-10-20-22)18(23)21-11-8-14(13-21)9-12-24-16-5-3-15(19)4-6-16/h3-7,10,14H,2,8-9,11-13H2,1H3. The SMILES string of the molecule is CCn1nccc1C(=O)N1CCC(CCOc2ccc(F)cc2)C1. The van der Waals surface area contributed by atoms with Crippen LogP contribution in [-0.2, 0) is 6.54 Å². The van der Waals surface area contributed by atoms with Gasteiger partial charge in [-0.25, -0.2) is 4.39 Å². The Kier molecular flexibility index (Phi) is 5.13. The lowest BCUT2D eigenvalue weighted by atomic mass is 10.1. The Morgan fingerprint density at radius 2 is 2.12 bits per heavy atom. The van der Waals surface area contributed by atoms with Gasteiger partial charge in [-0.3, -0.25) is 9.48 Å². The van der Waals surface area contributed by atoms with Crippen molar-refractivity contribution in [3.8, 4) is 5.75 Å². The molecule has 6 heteroatoms. The molecule has 0 N–H and O–H groups in total. The number of likely N-dealkylation sites (tertiary alicyclic amines) is 1. The molecule has 5 nitrogen and oxygen atoms in total. The predicted molar refractivity (Wildman–Crippen MR) is 88.4 cm³/mol. The number of benzene rings is 1. The third-order valence-electron chi connectivity index (χ3n) is 4.42. The van der Waals surface area contributed by atoms with Crippen molar-refractivity contribution in [2.75, 3.05) is 19.7 Å². The Morgan fingerprint density at radius 3 is 2.88 bits per heavy atom. The number of aryl methyl sites for hydroxylation is 1. The summed E-state index contributed by atoms with van der Waals surface area (Å²) in [4.78, 5) is 14.5. The summed E-state index contributed by atoms with van der Waals surface area (Å²) in [7, 11) is 0. The molecule has 24 heavy (non-hydrogen) atoms. The smallest absolute Gasteiger partial charge is 0.272 e. The molecular weight excluding hydrogens is 309 g/mol. The van der Waals surface area contributed by atoms with Crippen molar-refractivity contribution in [2.45, 2.75) is 26.3 Å². The number of hydrogen-bond acceptors (Lipinski definition) is 3. The number of halogens is 1. The topological polar surface area (TPSA) is 47.4 Å². The lowest BCUT2D eigenvalue weighted by Crippen LogP contribution is -2.30. The summed E-state index contributed by atoms with van der Waals surface area (Å²) in [6, 6.07) is 7.82. The molecule has 1 fully saturated rings. The molecule has 0 aliphatic carbocycles. The van der Waals surface area contributed by atoms with Crippen molar-refractivity contribution in [1.29, 1.82) is 0 Å². The number of rotatable bonds is 6. The van der Waals surface area contributed by atoms with E-state index in [0.29, 0.717) is 30.5 Å². The number of carbonyl (C=O) groups excluding carboxylic acids is 1. The minimum atomic E-state index is -0.265. The van der Waals surface area contributed by atoms with Crippen molar-refractivity contribution in [2.24, 2.45) is 5.92 Å². The van der Waals surface area contributed by atoms with E-state index in [1.165, 1.54) is 12.1 Å². The zero-order valence-corrected chi connectivity index (χ0v) is 13.8. The molecule has 2 aromatic rings. The van der Waals surface area contributed by atoms with Gasteiger partial charge in [0.15, 0.2) is 0 Å². The van der Waals surface area contributed by atoms with Crippen LogP contribution in [0.25, 0.3) is 0 Å². The van der Waals surface area contributed by atoms with Crippen molar-refractivity contribution in [1.82, 2.24) is 14.7 Å². The lowest BCUT2D eigenvalue weighted by Gasteiger charge is -2.17. The highest BCUT2D eigenvalue weighted by molar-refractivity contribution is 5.92. The monoisotopic (exact) mass is 331 g/mol. The number of aromatic nitrogens is 2. The average Bonchev–Trinajstić information content (AvgIpc) is 3.25. The van der Waals surface area contributed by atoms with Crippen LogP contribution in [-0.4, -0.2) is 40.3 Å². The molecule has 0 radical (unpaired) electrons. The Balaban J connectivity index is 1.47. The first-order valence-electron chi connectivity index (χ1n) is 8.37. The highest BCUT2D eigenvalue weighted by Crippen LogP contribution is 2.22. The van der Waals surface area contributed by atoms with Gasteiger partial charge in [0.05, 0.1) is 6.61 Å². The van der Waals surface area contributed by atoms with E-state index in [9.17, 15) is 9.18 Å². The number of nitrogens with zero attached hydrogens (tertiary/aromatic N) is 3. The van der Waals surface area contributed by atoms with E-state index in [-0.39, 0.29) is 11.7 Å². The van der Waals surface area contributed by atoms with Crippen molar-refractivity contribution in [3.05, 3.63) is 48.0 Å². The minimum Gasteiger partial charge on any atom is -0.494 e. The maximum Gasteiger partial charge on any atom is 0.272 e. The summed E-state index contributed by atoms with van der Waals surface area (Å²) in [5.74, 6) is 0.900. The summed E-state index contributed by atoms with van der Waals surface area (Å²) < 4.78 is 20.2. The fraction of sp³-hybridized carbons (Fsp3) is 0.444. The van der Waals surface area contributed by atoms with Gasteiger partial charge in [0.2, 0.25) is 0 Å². The van der Waals surface area contributed by atoms with E-state index in [2.05, 4.69) is 5.10 Å². The van der Waals surface area contributed by atoms with Crippen LogP contribution in [0, 0.1) is 11.7 Å². The van der Waals surface area contributed by atoms with E-state index in [1.807, 2.05) is 11.8 Å². The molecule has 3 rings (SSSR count). The molecule has 1 unspecified atom stereocenters. The van der Waals surface area contributed by atoms with Gasteiger partial charge in [-0.1, -0.05) is 0 Å². The number of hydrogen-bond donors (Lipinski definition) is 0. The van der Waals surface area contributed by atoms with Crippen LogP contribution < -0.4 is 4.74 Å². The molecule has 1 amide bonds. The van der Waals surface area contributed by atoms with Gasteiger partial charge in [0, 0.05) is 25.8 Å². The molecule has 2 heterocycles. The largest absolute Gasteiger partial charge is 0.494 e. The molecule has 1 aliphatic heterocycles. The molecule has 0 bridgehead atoms. The van der Waals surface area contributed by atoms with Gasteiger partial charge < -0.3 is 9.64 Å². The molecule has 1 aromatic carbocycles. The maximum atomic E-state index is 12.8. The van der Waals surface area contributed by atoms with Crippen LogP contribution in [0.4, 0.5) is 4.39 Å². The predicted octanol–water partition coefficient (Wildman–Crippen LogP) is 2.97. The molecule has 1 aromatic heterocycles. The minimum absolute atomic E-state index is 0.0521. The van der Waals surface area contributed by atoms with Crippen molar-refractivity contribution < 1.29 is 13.9 Å². The van der Waals surface area contributed by atoms with Crippen LogP contribution in [0.5, 0.6) is 5.75 Å². The summed E-state index contributed by atoms with van der Waals surface area (Å²) >= 11 is 0. The van der Waals surface area contributed by atoms with Gasteiger partial charge in [-0.15, -0.1) is 0 Å². The Labute approximate surface area is 141 Å². The van der Waals surface area contributed by atoms with Gasteiger partial charge in [0.1, 0.15) is 17.3 Å². The number of amides is 1. The third-order valence-corrected chi connectivity index (χ3v) is 4.42. The van der Waals surface area contributed by atoms with Crippen LogP contribution >= 0.6 is 0 Å². The number of ether oxygens (including phenoxy) is 1. The molecule has 1 saturated heterocycles. The highest BCUT2D eigenvalue weighted by atomic mass is 19.1. The Bertz CT molecular complexity index is 684. The zero-order chi connectivity index (χ0) is 16.9. The second-order valence-electron chi connectivity index (χ2n) is 6.03. The van der Waals surface area contributed by atoms with Crippen LogP contribution in [0.3, 0.4) is 0 Å². The molecule has 128 valence electrons. The van der Waals surface area contributed by atoms with Crippen LogP contribution in [0.15, 0.2) is 36.5 Å². The van der Waals surface area contributed by atoms with Crippen molar-refractivity contribution >= 4 is 5.91 Å². The Hall–Kier alpha value is -2.37. The quantitative estimate of drug-likeness (QED) is 0.817. The van der Waals surface area contributed by atoms with E-state index in [4.69, 9.17) is 4.74 Å². The first-order chi connectivity index (χ1) is 11.7. The summed E-state index contributed by atoms with van der Waals surface area (Å²) in [6.45, 7) is 4.76. The molecule has 1 aliphatic rings. The van der Waals surface area contributed by atoms with Gasteiger partial charge >= 0.3 is 0 Å². The van der Waals surface area contributed by atoms with Crippen LogP contribution in [0.1, 0.15) is 30.3 Å². The Morgan fingerprint density at radius 1 is 1.33 bits per heavy atom. The average molecular weight is 331 g/mol. The summed E-state index contributed by atoms with van der Waals surface area (Å²) in [5, 5.41) is 4.16. The molecule has 0 saturated carbocycles. The molecule has 0 spiro atoms. The van der Waals surface area contributed by atoms with E-state index < -0.39 is 0 Å². The van der Waals surface area contributed by atoms with E-state index >= 15 is 0 Å². The molecule has 1 atom stereocenters. The summed E-state index contributed by atoms with van der Waals surface area (Å²) in [5.41, 5.74) is 0.653. The van der Waals surface area contributed by atoms with Gasteiger partial charge in [-0.2, -0.15) is 5.10 Å². The van der Waals surface area contributed by atoms with Crippen molar-refractivity contribution in [3.63, 3.8) is 0 Å². The van der Waals surface area contributed by atoms with Crippen LogP contribution in [0.2, 0.25) is 0 Å². The first kappa shape index (κ1) is 16.5.